The first kappa shape index (κ1) is 23.5. The third kappa shape index (κ3) is 4.12. The monoisotopic (exact) mass is 500 g/mol. The maximum absolute atomic E-state index is 13.7. The van der Waals surface area contributed by atoms with Crippen molar-refractivity contribution >= 4 is 11.6 Å². The second kappa shape index (κ2) is 9.53. The molecule has 6 rings (SSSR count). The molecule has 1 aliphatic carbocycles. The van der Waals surface area contributed by atoms with Crippen molar-refractivity contribution in [3.05, 3.63) is 70.3 Å². The summed E-state index contributed by atoms with van der Waals surface area (Å²) in [7, 11) is 0. The maximum atomic E-state index is 13.7. The highest BCUT2D eigenvalue weighted by atomic mass is 19.1. The number of benzene rings is 1. The Morgan fingerprint density at radius 3 is 2.51 bits per heavy atom. The Labute approximate surface area is 213 Å². The van der Waals surface area contributed by atoms with Gasteiger partial charge in [-0.15, -0.1) is 0 Å². The number of carbonyl (C=O) groups excluding carboxylic acids is 1. The Morgan fingerprint density at radius 1 is 1.11 bits per heavy atom. The van der Waals surface area contributed by atoms with E-state index in [9.17, 15) is 14.0 Å². The predicted molar refractivity (Wildman–Crippen MR) is 138 cm³/mol. The summed E-state index contributed by atoms with van der Waals surface area (Å²) >= 11 is 0. The van der Waals surface area contributed by atoms with Crippen LogP contribution in [0.1, 0.15) is 60.9 Å². The number of nitrogens with zero attached hydrogens (tertiary/aromatic N) is 5. The zero-order chi connectivity index (χ0) is 25.5. The number of H-pyrrole nitrogens is 1. The number of halogens is 1. The fraction of sp³-hybridized carbons (Fsp3) is 0.393. The number of rotatable bonds is 5. The minimum absolute atomic E-state index is 0.195. The molecule has 1 N–H and O–H groups in total. The molecule has 190 valence electrons. The summed E-state index contributed by atoms with van der Waals surface area (Å²) in [6, 6.07) is 11.1. The Balaban J connectivity index is 1.44. The van der Waals surface area contributed by atoms with Gasteiger partial charge in [0.05, 0.1) is 12.4 Å². The van der Waals surface area contributed by atoms with E-state index in [1.807, 2.05) is 19.1 Å². The second-order valence-corrected chi connectivity index (χ2v) is 10.1. The van der Waals surface area contributed by atoms with Gasteiger partial charge in [-0.05, 0) is 37.3 Å². The molecule has 1 saturated heterocycles. The third-order valence-electron chi connectivity index (χ3n) is 7.97. The fourth-order valence-electron chi connectivity index (χ4n) is 5.62. The van der Waals surface area contributed by atoms with Gasteiger partial charge in [0.25, 0.3) is 11.5 Å². The maximum Gasteiger partial charge on any atom is 0.273 e. The van der Waals surface area contributed by atoms with E-state index in [0.29, 0.717) is 23.9 Å². The van der Waals surface area contributed by atoms with Gasteiger partial charge in [-0.2, -0.15) is 0 Å². The molecule has 0 bridgehead atoms. The lowest BCUT2D eigenvalue weighted by Crippen LogP contribution is -2.58. The molecule has 0 unspecified atom stereocenters. The first-order valence-corrected chi connectivity index (χ1v) is 13.0. The van der Waals surface area contributed by atoms with E-state index in [1.165, 1.54) is 48.2 Å². The van der Waals surface area contributed by atoms with Crippen LogP contribution in [0, 0.1) is 5.92 Å². The van der Waals surface area contributed by atoms with E-state index >= 15 is 0 Å². The number of carbonyl (C=O) groups is 1. The Hall–Kier alpha value is -3.88. The van der Waals surface area contributed by atoms with Gasteiger partial charge >= 0.3 is 0 Å². The topological polar surface area (TPSA) is 96.3 Å². The van der Waals surface area contributed by atoms with Crippen LogP contribution in [0.2, 0.25) is 0 Å². The fourth-order valence-corrected chi connectivity index (χ4v) is 5.62. The third-order valence-corrected chi connectivity index (χ3v) is 7.97. The van der Waals surface area contributed by atoms with Gasteiger partial charge < -0.3 is 4.90 Å². The van der Waals surface area contributed by atoms with Crippen LogP contribution in [0.4, 0.5) is 4.39 Å². The van der Waals surface area contributed by atoms with Gasteiger partial charge in [-0.25, -0.2) is 19.5 Å². The molecule has 8 nitrogen and oxygen atoms in total. The largest absolute Gasteiger partial charge is 0.335 e. The molecule has 2 fully saturated rings. The molecule has 3 aromatic heterocycles. The molecule has 37 heavy (non-hydrogen) atoms. The van der Waals surface area contributed by atoms with Crippen LogP contribution in [0.5, 0.6) is 0 Å². The number of aromatic nitrogens is 5. The number of amides is 1. The normalized spacial score (nSPS) is 20.2. The summed E-state index contributed by atoms with van der Waals surface area (Å²) in [6.07, 6.45) is 9.40. The van der Waals surface area contributed by atoms with E-state index in [-0.39, 0.29) is 40.5 Å². The average molecular weight is 501 g/mol. The predicted octanol–water partition coefficient (Wildman–Crippen LogP) is 4.62. The van der Waals surface area contributed by atoms with Gasteiger partial charge in [0, 0.05) is 42.5 Å². The van der Waals surface area contributed by atoms with Crippen molar-refractivity contribution < 1.29 is 9.18 Å². The lowest BCUT2D eigenvalue weighted by molar-refractivity contribution is 0.0142. The van der Waals surface area contributed by atoms with Crippen molar-refractivity contribution in [2.45, 2.75) is 51.0 Å². The van der Waals surface area contributed by atoms with Crippen LogP contribution in [0.15, 0.2) is 53.6 Å². The highest BCUT2D eigenvalue weighted by molar-refractivity contribution is 6.05. The molecule has 1 amide bonds. The zero-order valence-electron chi connectivity index (χ0n) is 20.7. The molecule has 1 aliphatic heterocycles. The Morgan fingerprint density at radius 2 is 1.84 bits per heavy atom. The van der Waals surface area contributed by atoms with Crippen molar-refractivity contribution in [2.24, 2.45) is 5.92 Å². The van der Waals surface area contributed by atoms with E-state index in [1.54, 1.807) is 23.4 Å². The molecule has 2 aliphatic rings. The van der Waals surface area contributed by atoms with E-state index in [4.69, 9.17) is 4.98 Å². The molecule has 4 aromatic rings. The molecule has 0 spiro atoms. The Bertz CT molecular complexity index is 1490. The summed E-state index contributed by atoms with van der Waals surface area (Å²) in [5.41, 5.74) is 3.02. The van der Waals surface area contributed by atoms with Crippen LogP contribution in [0.3, 0.4) is 0 Å². The summed E-state index contributed by atoms with van der Waals surface area (Å²) in [6.45, 7) is 1.67. The van der Waals surface area contributed by atoms with Gasteiger partial charge in [0.1, 0.15) is 11.3 Å². The molecule has 1 aromatic carbocycles. The molecule has 1 saturated carbocycles. The molecular weight excluding hydrogens is 471 g/mol. The average Bonchev–Trinajstić information content (AvgIpc) is 3.34. The summed E-state index contributed by atoms with van der Waals surface area (Å²) in [4.78, 5) is 41.9. The van der Waals surface area contributed by atoms with E-state index in [2.05, 4.69) is 27.2 Å². The van der Waals surface area contributed by atoms with Gasteiger partial charge in [0.2, 0.25) is 0 Å². The number of nitrogens with one attached hydrogen (secondary N) is 1. The van der Waals surface area contributed by atoms with Crippen LogP contribution in [-0.4, -0.2) is 54.6 Å². The smallest absolute Gasteiger partial charge is 0.273 e. The van der Waals surface area contributed by atoms with Crippen molar-refractivity contribution in [3.8, 4) is 22.8 Å². The van der Waals surface area contributed by atoms with Gasteiger partial charge in [0.15, 0.2) is 11.5 Å². The highest BCUT2D eigenvalue weighted by Gasteiger charge is 2.41. The van der Waals surface area contributed by atoms with Crippen LogP contribution < -0.4 is 5.56 Å². The van der Waals surface area contributed by atoms with E-state index < -0.39 is 6.67 Å². The standard InChI is InChI=1S/C28H29FN6O2/c1-17-21(15-29)16-34(17)28(37)24-25(26-30-12-5-13-31-26)33-35-23(36)14-22(32-27(24)35)20-10-8-19(9-11-20)18-6-3-2-4-7-18/h5,8-14,17-18,21,33H,2-4,6-7,15-16H2,1H3/t17-,21-/m0/s1. The molecule has 2 atom stereocenters. The Kier molecular flexibility index (Phi) is 6.06. The molecule has 0 radical (unpaired) electrons. The van der Waals surface area contributed by atoms with E-state index in [0.717, 1.165) is 5.56 Å². The van der Waals surface area contributed by atoms with Crippen molar-refractivity contribution in [2.75, 3.05) is 13.2 Å². The SMILES string of the molecule is C[C@H]1[C@@H](CF)CN1C(=O)c1c(-c2ncccn2)[nH]n2c(=O)cc(-c3ccc(C4CCCCC4)cc3)nc12. The molecular formula is C28H29FN6O2. The lowest BCUT2D eigenvalue weighted by atomic mass is 9.84. The lowest BCUT2D eigenvalue weighted by Gasteiger charge is -2.45. The van der Waals surface area contributed by atoms with Crippen LogP contribution in [-0.2, 0) is 0 Å². The highest BCUT2D eigenvalue weighted by Crippen LogP contribution is 2.34. The van der Waals surface area contributed by atoms with Crippen LogP contribution in [0.25, 0.3) is 28.4 Å². The summed E-state index contributed by atoms with van der Waals surface area (Å²) in [5, 5.41) is 3.00. The number of aromatic amines is 1. The number of fused-ring (bicyclic) bond motifs is 1. The minimum Gasteiger partial charge on any atom is -0.335 e. The minimum atomic E-state index is -0.480. The second-order valence-electron chi connectivity index (χ2n) is 10.1. The van der Waals surface area contributed by atoms with Gasteiger partial charge in [-0.3, -0.25) is 19.1 Å². The quantitative estimate of drug-likeness (QED) is 0.431. The van der Waals surface area contributed by atoms with Crippen molar-refractivity contribution in [3.63, 3.8) is 0 Å². The number of alkyl halides is 1. The summed E-state index contributed by atoms with van der Waals surface area (Å²) in [5.74, 6) is 0.344. The summed E-state index contributed by atoms with van der Waals surface area (Å²) < 4.78 is 14.5. The first-order chi connectivity index (χ1) is 18.0. The van der Waals surface area contributed by atoms with Crippen LogP contribution >= 0.6 is 0 Å². The first-order valence-electron chi connectivity index (χ1n) is 13.0. The number of hydrogen-bond donors (Lipinski definition) is 1. The number of likely N-dealkylation sites (tertiary alicyclic amines) is 1. The van der Waals surface area contributed by atoms with Gasteiger partial charge in [-0.1, -0.05) is 43.5 Å². The zero-order valence-corrected chi connectivity index (χ0v) is 20.7. The molecule has 4 heterocycles. The molecule has 9 heteroatoms. The van der Waals surface area contributed by atoms with Crippen molar-refractivity contribution in [1.29, 1.82) is 0 Å². The number of hydrogen-bond acceptors (Lipinski definition) is 5. The van der Waals surface area contributed by atoms with Crippen molar-refractivity contribution in [1.82, 2.24) is 29.5 Å².